The number of unbranched alkanes of at least 4 members (excludes halogenated alkanes) is 1. The van der Waals surface area contributed by atoms with Crippen molar-refractivity contribution < 1.29 is 9.90 Å². The normalized spacial score (nSPS) is 13.5. The first kappa shape index (κ1) is 11.2. The molecule has 0 aliphatic rings. The van der Waals surface area contributed by atoms with Crippen molar-refractivity contribution in [2.75, 3.05) is 0 Å². The van der Waals surface area contributed by atoms with Gasteiger partial charge in [0.2, 0.25) is 0 Å². The molecule has 0 amide bonds. The fraction of sp³-hybridized carbons (Fsp3) is 0.700. The van der Waals surface area contributed by atoms with Crippen LogP contribution >= 0.6 is 0 Å². The molecule has 0 radical (unpaired) electrons. The number of carboxylic acids is 1. The van der Waals surface area contributed by atoms with Gasteiger partial charge in [0.1, 0.15) is 0 Å². The van der Waals surface area contributed by atoms with Crippen LogP contribution in [0.3, 0.4) is 0 Å². The molecule has 0 fully saturated rings. The Kier molecular flexibility index (Phi) is 6.44. The Morgan fingerprint density at radius 3 is 2.50 bits per heavy atom. The highest BCUT2D eigenvalue weighted by Crippen LogP contribution is 2.06. The molecule has 0 spiro atoms. The van der Waals surface area contributed by atoms with Gasteiger partial charge in [0, 0.05) is 0 Å². The fourth-order valence-corrected chi connectivity index (χ4v) is 0.872. The van der Waals surface area contributed by atoms with E-state index in [1.54, 1.807) is 6.92 Å². The van der Waals surface area contributed by atoms with Gasteiger partial charge in [0.15, 0.2) is 0 Å². The Morgan fingerprint density at radius 2 is 2.00 bits per heavy atom. The molecule has 0 aromatic rings. The highest BCUT2D eigenvalue weighted by Gasteiger charge is 2.08. The zero-order valence-electron chi connectivity index (χ0n) is 7.92. The molecule has 0 bridgehead atoms. The zero-order valence-corrected chi connectivity index (χ0v) is 7.92. The third kappa shape index (κ3) is 5.96. The van der Waals surface area contributed by atoms with E-state index >= 15 is 0 Å². The lowest BCUT2D eigenvalue weighted by molar-refractivity contribution is -0.141. The van der Waals surface area contributed by atoms with E-state index in [0.717, 1.165) is 25.7 Å². The molecule has 0 heterocycles. The van der Waals surface area contributed by atoms with E-state index < -0.39 is 5.97 Å². The summed E-state index contributed by atoms with van der Waals surface area (Å²) in [7, 11) is 0. The van der Waals surface area contributed by atoms with Crippen LogP contribution in [-0.4, -0.2) is 11.1 Å². The van der Waals surface area contributed by atoms with Crippen molar-refractivity contribution in [1.82, 2.24) is 0 Å². The number of hydrogen-bond acceptors (Lipinski definition) is 1. The summed E-state index contributed by atoms with van der Waals surface area (Å²) in [5, 5.41) is 8.56. The Labute approximate surface area is 74.3 Å². The van der Waals surface area contributed by atoms with Crippen LogP contribution in [0.4, 0.5) is 0 Å². The van der Waals surface area contributed by atoms with Crippen LogP contribution in [0.25, 0.3) is 0 Å². The second-order valence-electron chi connectivity index (χ2n) is 3.08. The molecule has 0 saturated carbocycles. The molecule has 0 aliphatic heterocycles. The highest BCUT2D eigenvalue weighted by molar-refractivity contribution is 5.69. The van der Waals surface area contributed by atoms with Gasteiger partial charge in [-0.2, -0.15) is 0 Å². The summed E-state index contributed by atoms with van der Waals surface area (Å²) < 4.78 is 0. The van der Waals surface area contributed by atoms with Gasteiger partial charge in [-0.3, -0.25) is 4.79 Å². The largest absolute Gasteiger partial charge is 0.481 e. The van der Waals surface area contributed by atoms with Gasteiger partial charge in [0.05, 0.1) is 5.92 Å². The molecular weight excluding hydrogens is 152 g/mol. The summed E-state index contributed by atoms with van der Waals surface area (Å²) in [6, 6.07) is 0. The van der Waals surface area contributed by atoms with Crippen molar-refractivity contribution >= 4 is 5.97 Å². The van der Waals surface area contributed by atoms with E-state index in [-0.39, 0.29) is 5.92 Å². The van der Waals surface area contributed by atoms with Gasteiger partial charge >= 0.3 is 5.97 Å². The van der Waals surface area contributed by atoms with Crippen molar-refractivity contribution in [3.8, 4) is 0 Å². The zero-order chi connectivity index (χ0) is 9.40. The van der Waals surface area contributed by atoms with E-state index in [9.17, 15) is 4.79 Å². The second-order valence-corrected chi connectivity index (χ2v) is 3.08. The van der Waals surface area contributed by atoms with Gasteiger partial charge in [-0.25, -0.2) is 0 Å². The van der Waals surface area contributed by atoms with Crippen LogP contribution in [0.2, 0.25) is 0 Å². The number of allylic oxidation sites excluding steroid dienone is 2. The van der Waals surface area contributed by atoms with E-state index in [1.807, 2.05) is 0 Å². The summed E-state index contributed by atoms with van der Waals surface area (Å²) in [5.74, 6) is -0.907. The summed E-state index contributed by atoms with van der Waals surface area (Å²) in [5.41, 5.74) is 0. The minimum Gasteiger partial charge on any atom is -0.481 e. The molecule has 12 heavy (non-hydrogen) atoms. The van der Waals surface area contributed by atoms with Crippen LogP contribution in [-0.2, 0) is 4.79 Å². The van der Waals surface area contributed by atoms with E-state index in [2.05, 4.69) is 19.1 Å². The summed E-state index contributed by atoms with van der Waals surface area (Å²) in [4.78, 5) is 10.4. The third-order valence-corrected chi connectivity index (χ3v) is 1.81. The number of hydrogen-bond donors (Lipinski definition) is 1. The second kappa shape index (κ2) is 6.89. The van der Waals surface area contributed by atoms with Crippen molar-refractivity contribution in [3.05, 3.63) is 12.2 Å². The molecule has 2 nitrogen and oxygen atoms in total. The lowest BCUT2D eigenvalue weighted by Crippen LogP contribution is -2.08. The standard InChI is InChI=1S/C10H18O2/c1-3-4-5-6-7-8-9(2)10(11)12/h5-6,9H,3-4,7-8H2,1-2H3,(H,11,12)/b6-5+. The Hall–Kier alpha value is -0.790. The van der Waals surface area contributed by atoms with Crippen molar-refractivity contribution in [2.45, 2.75) is 39.5 Å². The van der Waals surface area contributed by atoms with Crippen molar-refractivity contribution in [3.63, 3.8) is 0 Å². The van der Waals surface area contributed by atoms with Gasteiger partial charge in [0.25, 0.3) is 0 Å². The average Bonchev–Trinajstić information content (AvgIpc) is 2.03. The molecule has 2 heteroatoms. The Bertz CT molecular complexity index is 150. The number of carbonyl (C=O) groups is 1. The van der Waals surface area contributed by atoms with Gasteiger partial charge in [-0.15, -0.1) is 0 Å². The lowest BCUT2D eigenvalue weighted by atomic mass is 10.1. The molecule has 1 atom stereocenters. The molecule has 0 rings (SSSR count). The predicted octanol–water partition coefficient (Wildman–Crippen LogP) is 2.84. The minimum atomic E-state index is -0.695. The van der Waals surface area contributed by atoms with Gasteiger partial charge < -0.3 is 5.11 Å². The van der Waals surface area contributed by atoms with Crippen LogP contribution in [0.15, 0.2) is 12.2 Å². The summed E-state index contributed by atoms with van der Waals surface area (Å²) >= 11 is 0. The van der Waals surface area contributed by atoms with Crippen LogP contribution in [0.5, 0.6) is 0 Å². The topological polar surface area (TPSA) is 37.3 Å². The third-order valence-electron chi connectivity index (χ3n) is 1.81. The predicted molar refractivity (Wildman–Crippen MR) is 50.1 cm³/mol. The quantitative estimate of drug-likeness (QED) is 0.622. The fourth-order valence-electron chi connectivity index (χ4n) is 0.872. The SMILES string of the molecule is CCC/C=C/CCC(C)C(=O)O. The van der Waals surface area contributed by atoms with Crippen LogP contribution in [0, 0.1) is 5.92 Å². The van der Waals surface area contributed by atoms with E-state index in [4.69, 9.17) is 5.11 Å². The van der Waals surface area contributed by atoms with Gasteiger partial charge in [-0.05, 0) is 19.3 Å². The maximum Gasteiger partial charge on any atom is 0.306 e. The maximum atomic E-state index is 10.4. The van der Waals surface area contributed by atoms with E-state index in [0.29, 0.717) is 0 Å². The van der Waals surface area contributed by atoms with Gasteiger partial charge in [-0.1, -0.05) is 32.4 Å². The smallest absolute Gasteiger partial charge is 0.306 e. The molecule has 1 unspecified atom stereocenters. The first-order valence-electron chi connectivity index (χ1n) is 4.56. The first-order chi connectivity index (χ1) is 5.68. The summed E-state index contributed by atoms with van der Waals surface area (Å²) in [6.07, 6.45) is 8.08. The maximum absolute atomic E-state index is 10.4. The monoisotopic (exact) mass is 170 g/mol. The number of aliphatic carboxylic acids is 1. The lowest BCUT2D eigenvalue weighted by Gasteiger charge is -2.01. The molecule has 70 valence electrons. The highest BCUT2D eigenvalue weighted by atomic mass is 16.4. The van der Waals surface area contributed by atoms with Crippen LogP contribution < -0.4 is 0 Å². The molecule has 0 saturated heterocycles. The molecule has 0 aromatic carbocycles. The number of rotatable bonds is 6. The first-order valence-corrected chi connectivity index (χ1v) is 4.56. The Morgan fingerprint density at radius 1 is 1.42 bits per heavy atom. The van der Waals surface area contributed by atoms with E-state index in [1.165, 1.54) is 0 Å². The minimum absolute atomic E-state index is 0.212. The average molecular weight is 170 g/mol. The Balaban J connectivity index is 3.36. The van der Waals surface area contributed by atoms with Crippen molar-refractivity contribution in [1.29, 1.82) is 0 Å². The van der Waals surface area contributed by atoms with Crippen molar-refractivity contribution in [2.24, 2.45) is 5.92 Å². The molecule has 1 N–H and O–H groups in total. The summed E-state index contributed by atoms with van der Waals surface area (Å²) in [6.45, 7) is 3.88. The van der Waals surface area contributed by atoms with Crippen LogP contribution in [0.1, 0.15) is 39.5 Å². The molecule has 0 aliphatic carbocycles. The molecule has 0 aromatic heterocycles. The number of carboxylic acid groups (broad SMARTS) is 1. The molecular formula is C10H18O2.